The first-order valence-corrected chi connectivity index (χ1v) is 11.9. The molecular formula is C25H36N2O2. The van der Waals surface area contributed by atoms with Crippen LogP contribution in [0.5, 0.6) is 0 Å². The summed E-state index contributed by atoms with van der Waals surface area (Å²) in [6.07, 6.45) is 14.1. The van der Waals surface area contributed by atoms with Gasteiger partial charge in [0.15, 0.2) is 5.78 Å². The Morgan fingerprint density at radius 3 is 2.59 bits per heavy atom. The maximum atomic E-state index is 13.4. The van der Waals surface area contributed by atoms with Crippen LogP contribution in [0.4, 0.5) is 0 Å². The topological polar surface area (TPSA) is 63.4 Å². The maximum Gasteiger partial charge on any atom is 0.226 e. The minimum Gasteiger partial charge on any atom is -0.396 e. The number of ketones is 1. The number of Topliss-reactive ketones (excluding diaryl/α,β-unsaturated/α-hetero) is 1. The lowest BCUT2D eigenvalue weighted by molar-refractivity contribution is -0.142. The average molecular weight is 397 g/mol. The van der Waals surface area contributed by atoms with E-state index >= 15 is 0 Å². The van der Waals surface area contributed by atoms with Crippen molar-refractivity contribution in [3.05, 3.63) is 23.4 Å². The van der Waals surface area contributed by atoms with Gasteiger partial charge in [-0.25, -0.2) is 0 Å². The molecule has 4 nitrogen and oxygen atoms in total. The second-order valence-electron chi connectivity index (χ2n) is 10.9. The monoisotopic (exact) mass is 396 g/mol. The third kappa shape index (κ3) is 2.70. The molecule has 0 bridgehead atoms. The predicted molar refractivity (Wildman–Crippen MR) is 114 cm³/mol. The Kier molecular flexibility index (Phi) is 4.49. The van der Waals surface area contributed by atoms with Crippen molar-refractivity contribution < 1.29 is 9.59 Å². The Bertz CT molecular complexity index is 793. The molecule has 2 saturated carbocycles. The van der Waals surface area contributed by atoms with E-state index in [2.05, 4.69) is 30.9 Å². The van der Waals surface area contributed by atoms with Crippen molar-refractivity contribution in [2.45, 2.75) is 71.6 Å². The number of piperidine rings is 1. The van der Waals surface area contributed by atoms with E-state index in [0.717, 1.165) is 50.8 Å². The molecule has 5 rings (SSSR count). The summed E-state index contributed by atoms with van der Waals surface area (Å²) < 4.78 is 0. The van der Waals surface area contributed by atoms with Crippen LogP contribution in [0.3, 0.4) is 0 Å². The number of rotatable bonds is 1. The molecule has 0 aromatic carbocycles. The summed E-state index contributed by atoms with van der Waals surface area (Å²) in [5.41, 5.74) is 7.99. The number of nitrogens with two attached hydrogens (primary N) is 1. The molecule has 2 N–H and O–H groups in total. The Hall–Kier alpha value is -1.58. The lowest BCUT2D eigenvalue weighted by atomic mass is 9.48. The second-order valence-corrected chi connectivity index (χ2v) is 10.9. The minimum absolute atomic E-state index is 0.0215. The molecule has 0 spiro atoms. The molecule has 1 amide bonds. The van der Waals surface area contributed by atoms with Gasteiger partial charge in [-0.3, -0.25) is 9.59 Å². The van der Waals surface area contributed by atoms with Crippen molar-refractivity contribution in [3.8, 4) is 0 Å². The van der Waals surface area contributed by atoms with Crippen LogP contribution in [0.15, 0.2) is 23.4 Å². The van der Waals surface area contributed by atoms with Gasteiger partial charge < -0.3 is 10.6 Å². The third-order valence-electron chi connectivity index (χ3n) is 9.68. The zero-order valence-corrected chi connectivity index (χ0v) is 18.1. The van der Waals surface area contributed by atoms with Gasteiger partial charge in [-0.15, -0.1) is 0 Å². The quantitative estimate of drug-likeness (QED) is 0.722. The van der Waals surface area contributed by atoms with E-state index in [9.17, 15) is 9.59 Å². The summed E-state index contributed by atoms with van der Waals surface area (Å²) in [5.74, 6) is 2.40. The van der Waals surface area contributed by atoms with Crippen LogP contribution in [0.2, 0.25) is 0 Å². The molecule has 4 heteroatoms. The highest BCUT2D eigenvalue weighted by Gasteiger charge is 2.60. The molecule has 0 aromatic rings. The fourth-order valence-electron chi connectivity index (χ4n) is 7.92. The number of likely N-dealkylation sites (tertiary alicyclic amines) is 1. The van der Waals surface area contributed by atoms with Crippen LogP contribution in [-0.4, -0.2) is 29.7 Å². The predicted octanol–water partition coefficient (Wildman–Crippen LogP) is 4.21. The number of nitrogens with zero attached hydrogens (tertiary/aromatic N) is 1. The standard InChI is InChI=1S/C25H36N2O2/c1-24-13-11-21(28)22(26)19(24)7-6-16-17-8-9-20(25(17,2)12-10-18(16)24)23(29)27-14-4-3-5-15-27/h6-7,16-18,20H,3-5,8-15,26H2,1-2H3/t16-,17-,18-,20+,24+,25-/m0/s1. The van der Waals surface area contributed by atoms with Gasteiger partial charge in [0.1, 0.15) is 0 Å². The summed E-state index contributed by atoms with van der Waals surface area (Å²) in [5, 5.41) is 0. The molecule has 6 atom stereocenters. The van der Waals surface area contributed by atoms with Crippen LogP contribution in [-0.2, 0) is 9.59 Å². The van der Waals surface area contributed by atoms with Gasteiger partial charge in [0, 0.05) is 25.4 Å². The Morgan fingerprint density at radius 2 is 1.83 bits per heavy atom. The fraction of sp³-hybridized carbons (Fsp3) is 0.760. The third-order valence-corrected chi connectivity index (χ3v) is 9.68. The first-order valence-electron chi connectivity index (χ1n) is 11.9. The van der Waals surface area contributed by atoms with Crippen LogP contribution in [0, 0.1) is 34.5 Å². The molecule has 1 heterocycles. The van der Waals surface area contributed by atoms with E-state index in [1.54, 1.807) is 0 Å². The van der Waals surface area contributed by atoms with Gasteiger partial charge in [-0.1, -0.05) is 26.0 Å². The molecule has 1 aliphatic heterocycles. The van der Waals surface area contributed by atoms with Gasteiger partial charge in [0.25, 0.3) is 0 Å². The van der Waals surface area contributed by atoms with E-state index in [0.29, 0.717) is 35.8 Å². The van der Waals surface area contributed by atoms with Gasteiger partial charge in [-0.2, -0.15) is 0 Å². The molecule has 1 saturated heterocycles. The van der Waals surface area contributed by atoms with Gasteiger partial charge in [0.2, 0.25) is 5.91 Å². The molecule has 4 aliphatic carbocycles. The SMILES string of the molecule is C[C@]12CC[C@H]3[C@@H](C=CC4=C(N)C(=O)CC[C@@]43C)[C@@H]1CC[C@@H]2C(=O)N1CCCCC1. The number of carbonyl (C=O) groups excluding carboxylic acids is 2. The van der Waals surface area contributed by atoms with Gasteiger partial charge >= 0.3 is 0 Å². The number of allylic oxidation sites excluding steroid dienone is 4. The maximum absolute atomic E-state index is 13.4. The summed E-state index contributed by atoms with van der Waals surface area (Å²) >= 11 is 0. The van der Waals surface area contributed by atoms with Crippen LogP contribution < -0.4 is 5.73 Å². The molecule has 3 fully saturated rings. The number of fused-ring (bicyclic) bond motifs is 5. The van der Waals surface area contributed by atoms with E-state index in [1.807, 2.05) is 0 Å². The van der Waals surface area contributed by atoms with E-state index in [1.165, 1.54) is 19.3 Å². The minimum atomic E-state index is 0.0215. The molecule has 0 aromatic heterocycles. The van der Waals surface area contributed by atoms with Gasteiger partial charge in [-0.05, 0) is 85.5 Å². The Labute approximate surface area is 175 Å². The molecule has 158 valence electrons. The van der Waals surface area contributed by atoms with Crippen molar-refractivity contribution in [2.24, 2.45) is 40.2 Å². The largest absolute Gasteiger partial charge is 0.396 e. The van der Waals surface area contributed by atoms with E-state index in [-0.39, 0.29) is 22.5 Å². The van der Waals surface area contributed by atoms with E-state index < -0.39 is 0 Å². The number of hydrogen-bond acceptors (Lipinski definition) is 3. The van der Waals surface area contributed by atoms with Gasteiger partial charge in [0.05, 0.1) is 5.70 Å². The van der Waals surface area contributed by atoms with Crippen molar-refractivity contribution >= 4 is 11.7 Å². The van der Waals surface area contributed by atoms with E-state index in [4.69, 9.17) is 5.73 Å². The van der Waals surface area contributed by atoms with Crippen molar-refractivity contribution in [1.82, 2.24) is 4.90 Å². The van der Waals surface area contributed by atoms with Crippen molar-refractivity contribution in [3.63, 3.8) is 0 Å². The number of hydrogen-bond donors (Lipinski definition) is 1. The highest BCUT2D eigenvalue weighted by Crippen LogP contribution is 2.65. The molecule has 29 heavy (non-hydrogen) atoms. The lowest BCUT2D eigenvalue weighted by Gasteiger charge is -2.56. The molecule has 0 radical (unpaired) electrons. The second kappa shape index (κ2) is 6.72. The highest BCUT2D eigenvalue weighted by molar-refractivity contribution is 5.97. The van der Waals surface area contributed by atoms with Crippen LogP contribution in [0.1, 0.15) is 71.6 Å². The number of amides is 1. The molecule has 0 unspecified atom stereocenters. The Balaban J connectivity index is 1.44. The van der Waals surface area contributed by atoms with Crippen molar-refractivity contribution in [1.29, 1.82) is 0 Å². The lowest BCUT2D eigenvalue weighted by Crippen LogP contribution is -2.52. The smallest absolute Gasteiger partial charge is 0.226 e. The summed E-state index contributed by atoms with van der Waals surface area (Å²) in [6, 6.07) is 0. The molecule has 5 aliphatic rings. The van der Waals surface area contributed by atoms with Crippen molar-refractivity contribution in [2.75, 3.05) is 13.1 Å². The summed E-state index contributed by atoms with van der Waals surface area (Å²) in [6.45, 7) is 6.67. The fourth-order valence-corrected chi connectivity index (χ4v) is 7.92. The average Bonchev–Trinajstić information content (AvgIpc) is 3.08. The molecular weight excluding hydrogens is 360 g/mol. The highest BCUT2D eigenvalue weighted by atomic mass is 16.2. The normalized spacial score (nSPS) is 44.3. The van der Waals surface area contributed by atoms with Crippen LogP contribution in [0.25, 0.3) is 0 Å². The zero-order valence-electron chi connectivity index (χ0n) is 18.1. The summed E-state index contributed by atoms with van der Waals surface area (Å²) in [7, 11) is 0. The first kappa shape index (κ1) is 19.4. The zero-order chi connectivity index (χ0) is 20.4. The summed E-state index contributed by atoms with van der Waals surface area (Å²) in [4.78, 5) is 27.8. The Morgan fingerprint density at radius 1 is 1.07 bits per heavy atom. The number of carbonyl (C=O) groups is 2. The first-order chi connectivity index (χ1) is 13.9. The van der Waals surface area contributed by atoms with Crippen LogP contribution >= 0.6 is 0 Å².